The van der Waals surface area contributed by atoms with E-state index in [1.54, 1.807) is 0 Å². The number of nitrogens with one attached hydrogen (secondary N) is 2. The third-order valence-electron chi connectivity index (χ3n) is 1.59. The number of hydrogen-bond donors (Lipinski definition) is 2. The van der Waals surface area contributed by atoms with E-state index in [4.69, 9.17) is 0 Å². The zero-order chi connectivity index (χ0) is 9.42. The average molecular weight is 181 g/mol. The summed E-state index contributed by atoms with van der Waals surface area (Å²) in [4.78, 5) is 32.1. The minimum Gasteiger partial charge on any atom is -0.334 e. The molecule has 0 aliphatic heterocycles. The summed E-state index contributed by atoms with van der Waals surface area (Å²) in [5.74, 6) is -2.51. The molecule has 0 saturated heterocycles. The Morgan fingerprint density at radius 1 is 1.23 bits per heavy atom. The Hall–Kier alpha value is -2.12. The number of nitrogens with zero attached hydrogens (tertiary/aromatic N) is 3. The molecule has 0 atom stereocenters. The molecule has 13 heavy (non-hydrogen) atoms. The van der Waals surface area contributed by atoms with Crippen LogP contribution in [-0.4, -0.2) is 44.0 Å². The van der Waals surface area contributed by atoms with Crippen LogP contribution in [0.1, 0.15) is 0 Å². The molecular formula is C5H3N5O3. The van der Waals surface area contributed by atoms with Crippen molar-refractivity contribution in [1.29, 1.82) is 0 Å². The van der Waals surface area contributed by atoms with Crippen molar-refractivity contribution in [1.82, 2.24) is 20.6 Å². The number of aromatic nitrogens is 4. The van der Waals surface area contributed by atoms with Crippen LogP contribution in [0.4, 0.5) is 5.95 Å². The van der Waals surface area contributed by atoms with E-state index in [-0.39, 0.29) is 5.95 Å². The van der Waals surface area contributed by atoms with Crippen LogP contribution in [0.3, 0.4) is 0 Å². The molecule has 0 radical (unpaired) electrons. The maximum Gasteiger partial charge on any atom is 0.269 e. The molecule has 8 nitrogen and oxygen atoms in total. The molecule has 1 heterocycles. The number of carbonyl (C=O) groups is 3. The lowest BCUT2D eigenvalue weighted by atomic mass is 9.88. The fourth-order valence-corrected chi connectivity index (χ4v) is 0.908. The van der Waals surface area contributed by atoms with Crippen LogP contribution < -0.4 is 5.32 Å². The molecule has 66 valence electrons. The second-order valence-corrected chi connectivity index (χ2v) is 2.37. The number of aromatic amines is 1. The Balaban J connectivity index is 2.09. The highest BCUT2D eigenvalue weighted by Gasteiger charge is 2.48. The van der Waals surface area contributed by atoms with Crippen LogP contribution in [0.15, 0.2) is 0 Å². The Morgan fingerprint density at radius 3 is 2.46 bits per heavy atom. The highest BCUT2D eigenvalue weighted by atomic mass is 16.2. The Bertz CT molecular complexity index is 365. The van der Waals surface area contributed by atoms with E-state index >= 15 is 0 Å². The van der Waals surface area contributed by atoms with Crippen LogP contribution >= 0.6 is 0 Å². The molecule has 2 N–H and O–H groups in total. The summed E-state index contributed by atoms with van der Waals surface area (Å²) in [5, 5.41) is 14.6. The van der Waals surface area contributed by atoms with Crippen LogP contribution in [0.25, 0.3) is 0 Å². The standard InChI is InChI=1S/C5H3N5O3/c11-2-1(3(12)4(2)13)6-5-7-9-10-8-5/h1H,(H2,6,7,8,9,10). The second kappa shape index (κ2) is 2.44. The summed E-state index contributed by atoms with van der Waals surface area (Å²) in [6.45, 7) is 0. The first kappa shape index (κ1) is 7.53. The number of rotatable bonds is 2. The third kappa shape index (κ3) is 0.991. The van der Waals surface area contributed by atoms with Gasteiger partial charge in [0.1, 0.15) is 0 Å². The minimum absolute atomic E-state index is 0.0131. The predicted octanol–water partition coefficient (Wildman–Crippen LogP) is -2.30. The van der Waals surface area contributed by atoms with Crippen molar-refractivity contribution in [2.45, 2.75) is 6.04 Å². The van der Waals surface area contributed by atoms with Gasteiger partial charge in [-0.05, 0) is 5.21 Å². The Morgan fingerprint density at radius 2 is 1.92 bits per heavy atom. The van der Waals surface area contributed by atoms with Crippen LogP contribution in [0.5, 0.6) is 0 Å². The minimum atomic E-state index is -1.13. The van der Waals surface area contributed by atoms with E-state index in [2.05, 4.69) is 25.9 Å². The van der Waals surface area contributed by atoms with Crippen LogP contribution in [-0.2, 0) is 14.4 Å². The largest absolute Gasteiger partial charge is 0.334 e. The molecule has 1 aromatic heterocycles. The average Bonchev–Trinajstić information content (AvgIpc) is 2.65. The molecule has 0 bridgehead atoms. The number of ketones is 3. The molecule has 8 heteroatoms. The number of anilines is 1. The molecule has 1 saturated carbocycles. The summed E-state index contributed by atoms with van der Waals surface area (Å²) in [6.07, 6.45) is 0. The summed E-state index contributed by atoms with van der Waals surface area (Å²) in [6, 6.07) is -1.13. The summed E-state index contributed by atoms with van der Waals surface area (Å²) < 4.78 is 0. The zero-order valence-electron chi connectivity index (χ0n) is 6.14. The predicted molar refractivity (Wildman–Crippen MR) is 36.6 cm³/mol. The molecule has 0 spiro atoms. The fraction of sp³-hybridized carbons (Fsp3) is 0.200. The summed E-state index contributed by atoms with van der Waals surface area (Å²) in [7, 11) is 0. The van der Waals surface area contributed by atoms with Gasteiger partial charge in [0.15, 0.2) is 6.04 Å². The molecule has 0 amide bonds. The first-order chi connectivity index (χ1) is 6.20. The van der Waals surface area contributed by atoms with Gasteiger partial charge in [-0.3, -0.25) is 14.4 Å². The van der Waals surface area contributed by atoms with E-state index in [1.807, 2.05) is 0 Å². The number of tetrazole rings is 1. The number of H-pyrrole nitrogens is 1. The van der Waals surface area contributed by atoms with Gasteiger partial charge in [-0.15, -0.1) is 5.10 Å². The van der Waals surface area contributed by atoms with Crippen molar-refractivity contribution in [3.63, 3.8) is 0 Å². The van der Waals surface area contributed by atoms with Crippen molar-refractivity contribution in [3.05, 3.63) is 0 Å². The smallest absolute Gasteiger partial charge is 0.269 e. The summed E-state index contributed by atoms with van der Waals surface area (Å²) in [5.41, 5.74) is 0. The van der Waals surface area contributed by atoms with E-state index in [9.17, 15) is 14.4 Å². The lowest BCUT2D eigenvalue weighted by Crippen LogP contribution is -2.58. The van der Waals surface area contributed by atoms with E-state index in [0.717, 1.165) is 0 Å². The number of carbonyl (C=O) groups excluding carboxylic acids is 3. The van der Waals surface area contributed by atoms with Gasteiger partial charge in [-0.1, -0.05) is 5.10 Å². The summed E-state index contributed by atoms with van der Waals surface area (Å²) >= 11 is 0. The van der Waals surface area contributed by atoms with Gasteiger partial charge >= 0.3 is 0 Å². The molecule has 0 aromatic carbocycles. The second-order valence-electron chi connectivity index (χ2n) is 2.37. The molecule has 1 aliphatic carbocycles. The quantitative estimate of drug-likeness (QED) is 0.389. The van der Waals surface area contributed by atoms with Crippen LogP contribution in [0.2, 0.25) is 0 Å². The molecule has 0 unspecified atom stereocenters. The van der Waals surface area contributed by atoms with Gasteiger partial charge in [0, 0.05) is 0 Å². The van der Waals surface area contributed by atoms with Crippen LogP contribution in [0, 0.1) is 0 Å². The van der Waals surface area contributed by atoms with Gasteiger partial charge in [0.05, 0.1) is 0 Å². The molecular weight excluding hydrogens is 178 g/mol. The topological polar surface area (TPSA) is 118 Å². The Kier molecular flexibility index (Phi) is 1.41. The first-order valence-corrected chi connectivity index (χ1v) is 3.32. The lowest BCUT2D eigenvalue weighted by Gasteiger charge is -2.19. The highest BCUT2D eigenvalue weighted by molar-refractivity contribution is 6.79. The highest BCUT2D eigenvalue weighted by Crippen LogP contribution is 2.09. The number of hydrogen-bond acceptors (Lipinski definition) is 7. The van der Waals surface area contributed by atoms with Crippen molar-refractivity contribution in [3.8, 4) is 0 Å². The maximum absolute atomic E-state index is 10.8. The van der Waals surface area contributed by atoms with E-state index < -0.39 is 23.4 Å². The van der Waals surface area contributed by atoms with Gasteiger partial charge in [0.2, 0.25) is 11.6 Å². The van der Waals surface area contributed by atoms with E-state index in [1.165, 1.54) is 0 Å². The monoisotopic (exact) mass is 181 g/mol. The maximum atomic E-state index is 10.8. The van der Waals surface area contributed by atoms with E-state index in [0.29, 0.717) is 0 Å². The Labute approximate surface area is 70.7 Å². The lowest BCUT2D eigenvalue weighted by molar-refractivity contribution is -0.152. The van der Waals surface area contributed by atoms with Crippen molar-refractivity contribution < 1.29 is 14.4 Å². The SMILES string of the molecule is O=C1C(=O)C(Nc2nn[nH]n2)C1=O. The van der Waals surface area contributed by atoms with Gasteiger partial charge < -0.3 is 5.32 Å². The van der Waals surface area contributed by atoms with Gasteiger partial charge in [-0.2, -0.15) is 5.21 Å². The molecule has 1 fully saturated rings. The first-order valence-electron chi connectivity index (χ1n) is 3.32. The molecule has 2 rings (SSSR count). The third-order valence-corrected chi connectivity index (χ3v) is 1.59. The van der Waals surface area contributed by atoms with Gasteiger partial charge in [0.25, 0.3) is 11.7 Å². The van der Waals surface area contributed by atoms with Crippen molar-refractivity contribution in [2.24, 2.45) is 0 Å². The normalized spacial score (nSPS) is 17.4. The zero-order valence-corrected chi connectivity index (χ0v) is 6.14. The molecule has 1 aliphatic rings. The van der Waals surface area contributed by atoms with Crippen molar-refractivity contribution in [2.75, 3.05) is 5.32 Å². The van der Waals surface area contributed by atoms with Gasteiger partial charge in [-0.25, -0.2) is 0 Å². The fourth-order valence-electron chi connectivity index (χ4n) is 0.908. The molecule has 1 aromatic rings. The number of Topliss-reactive ketones (excluding diaryl/α,β-unsaturated/α-hetero) is 3. The van der Waals surface area contributed by atoms with Crippen molar-refractivity contribution >= 4 is 23.3 Å².